The smallest absolute Gasteiger partial charge is 0.135 e. The van der Waals surface area contributed by atoms with Gasteiger partial charge in [-0.05, 0) is 49.1 Å². The molecule has 20 heavy (non-hydrogen) atoms. The van der Waals surface area contributed by atoms with Gasteiger partial charge in [0.2, 0.25) is 0 Å². The van der Waals surface area contributed by atoms with Gasteiger partial charge in [-0.15, -0.1) is 0 Å². The highest BCUT2D eigenvalue weighted by Gasteiger charge is 2.12. The SMILES string of the molecule is COc1ccc2c(Cc3ccccc3)c(C)c(C)n2c1. The van der Waals surface area contributed by atoms with E-state index in [0.717, 1.165) is 12.2 Å². The van der Waals surface area contributed by atoms with Crippen LogP contribution in [0.3, 0.4) is 0 Å². The molecule has 3 aromatic rings. The van der Waals surface area contributed by atoms with Gasteiger partial charge in [0.15, 0.2) is 0 Å². The van der Waals surface area contributed by atoms with E-state index in [1.54, 1.807) is 7.11 Å². The van der Waals surface area contributed by atoms with E-state index in [-0.39, 0.29) is 0 Å². The summed E-state index contributed by atoms with van der Waals surface area (Å²) in [5.74, 6) is 0.891. The molecule has 0 radical (unpaired) electrons. The normalized spacial score (nSPS) is 10.9. The number of hydrogen-bond donors (Lipinski definition) is 0. The Labute approximate surface area is 119 Å². The average molecular weight is 265 g/mol. The maximum absolute atomic E-state index is 5.32. The fourth-order valence-electron chi connectivity index (χ4n) is 2.74. The Morgan fingerprint density at radius 1 is 1.00 bits per heavy atom. The van der Waals surface area contributed by atoms with Crippen LogP contribution in [0.15, 0.2) is 48.7 Å². The van der Waals surface area contributed by atoms with Crippen molar-refractivity contribution in [3.63, 3.8) is 0 Å². The third-order valence-corrected chi connectivity index (χ3v) is 4.05. The molecular formula is C18H19NO. The van der Waals surface area contributed by atoms with Crippen LogP contribution in [0.2, 0.25) is 0 Å². The second-order valence-corrected chi connectivity index (χ2v) is 5.18. The number of pyridine rings is 1. The molecule has 0 saturated heterocycles. The second kappa shape index (κ2) is 5.04. The molecule has 0 bridgehead atoms. The Morgan fingerprint density at radius 3 is 2.45 bits per heavy atom. The van der Waals surface area contributed by atoms with Crippen LogP contribution in [0.5, 0.6) is 5.75 Å². The number of fused-ring (bicyclic) bond motifs is 1. The van der Waals surface area contributed by atoms with E-state index in [4.69, 9.17) is 4.74 Å². The first-order chi connectivity index (χ1) is 9.70. The first-order valence-corrected chi connectivity index (χ1v) is 6.88. The van der Waals surface area contributed by atoms with Crippen molar-refractivity contribution in [2.75, 3.05) is 7.11 Å². The average Bonchev–Trinajstić information content (AvgIpc) is 2.73. The highest BCUT2D eigenvalue weighted by molar-refractivity contribution is 5.63. The Hall–Kier alpha value is -2.22. The molecule has 0 aliphatic carbocycles. The maximum Gasteiger partial charge on any atom is 0.135 e. The maximum atomic E-state index is 5.32. The Morgan fingerprint density at radius 2 is 1.75 bits per heavy atom. The fraction of sp³-hybridized carbons (Fsp3) is 0.222. The zero-order valence-electron chi connectivity index (χ0n) is 12.2. The molecule has 0 N–H and O–H groups in total. The number of rotatable bonds is 3. The van der Waals surface area contributed by atoms with Gasteiger partial charge in [0.1, 0.15) is 5.75 Å². The molecule has 2 nitrogen and oxygen atoms in total. The van der Waals surface area contributed by atoms with Crippen LogP contribution in [0.4, 0.5) is 0 Å². The summed E-state index contributed by atoms with van der Waals surface area (Å²) >= 11 is 0. The van der Waals surface area contributed by atoms with Crippen molar-refractivity contribution in [2.45, 2.75) is 20.3 Å². The molecule has 1 aromatic carbocycles. The van der Waals surface area contributed by atoms with Crippen LogP contribution in [-0.4, -0.2) is 11.5 Å². The van der Waals surface area contributed by atoms with Gasteiger partial charge in [0.05, 0.1) is 13.3 Å². The van der Waals surface area contributed by atoms with Gasteiger partial charge >= 0.3 is 0 Å². The number of benzene rings is 1. The summed E-state index contributed by atoms with van der Waals surface area (Å²) in [5, 5.41) is 0. The van der Waals surface area contributed by atoms with E-state index in [9.17, 15) is 0 Å². The van der Waals surface area contributed by atoms with E-state index in [1.165, 1.54) is 27.9 Å². The Bertz CT molecular complexity index is 741. The molecule has 0 amide bonds. The van der Waals surface area contributed by atoms with Crippen molar-refractivity contribution < 1.29 is 4.74 Å². The van der Waals surface area contributed by atoms with Gasteiger partial charge in [0.25, 0.3) is 0 Å². The van der Waals surface area contributed by atoms with E-state index >= 15 is 0 Å². The van der Waals surface area contributed by atoms with Crippen molar-refractivity contribution in [3.05, 3.63) is 71.0 Å². The zero-order valence-corrected chi connectivity index (χ0v) is 12.2. The molecule has 0 spiro atoms. The van der Waals surface area contributed by atoms with E-state index < -0.39 is 0 Å². The molecule has 0 unspecified atom stereocenters. The third kappa shape index (κ3) is 2.07. The minimum absolute atomic E-state index is 0.891. The number of ether oxygens (including phenoxy) is 1. The summed E-state index contributed by atoms with van der Waals surface area (Å²) in [7, 11) is 1.71. The van der Waals surface area contributed by atoms with E-state index in [1.807, 2.05) is 6.07 Å². The predicted octanol–water partition coefficient (Wildman–Crippen LogP) is 4.16. The topological polar surface area (TPSA) is 13.6 Å². The Kier molecular flexibility index (Phi) is 3.23. The highest BCUT2D eigenvalue weighted by Crippen LogP contribution is 2.27. The standard InChI is InChI=1S/C18H19NO/c1-13-14(2)19-12-16(20-3)9-10-18(19)17(13)11-15-7-5-4-6-8-15/h4-10,12H,11H2,1-3H3. The first kappa shape index (κ1) is 12.8. The minimum Gasteiger partial charge on any atom is -0.495 e. The van der Waals surface area contributed by atoms with Crippen molar-refractivity contribution in [1.82, 2.24) is 4.40 Å². The molecule has 102 valence electrons. The van der Waals surface area contributed by atoms with Crippen LogP contribution < -0.4 is 4.74 Å². The number of aromatic nitrogens is 1. The Balaban J connectivity index is 2.13. The van der Waals surface area contributed by atoms with Gasteiger partial charge < -0.3 is 9.14 Å². The molecule has 3 rings (SSSR count). The van der Waals surface area contributed by atoms with E-state index in [2.05, 4.69) is 60.8 Å². The van der Waals surface area contributed by atoms with Gasteiger partial charge in [-0.2, -0.15) is 0 Å². The lowest BCUT2D eigenvalue weighted by Crippen LogP contribution is -1.91. The number of methoxy groups -OCH3 is 1. The van der Waals surface area contributed by atoms with Crippen molar-refractivity contribution in [3.8, 4) is 5.75 Å². The minimum atomic E-state index is 0.891. The molecule has 0 aliphatic heterocycles. The summed E-state index contributed by atoms with van der Waals surface area (Å²) in [4.78, 5) is 0. The van der Waals surface area contributed by atoms with Crippen LogP contribution in [0.25, 0.3) is 5.52 Å². The van der Waals surface area contributed by atoms with Gasteiger partial charge in [-0.1, -0.05) is 30.3 Å². The van der Waals surface area contributed by atoms with Crippen molar-refractivity contribution >= 4 is 5.52 Å². The molecule has 2 heteroatoms. The van der Waals surface area contributed by atoms with Crippen LogP contribution in [0, 0.1) is 13.8 Å². The largest absolute Gasteiger partial charge is 0.495 e. The molecule has 0 aliphatic rings. The van der Waals surface area contributed by atoms with Crippen LogP contribution >= 0.6 is 0 Å². The van der Waals surface area contributed by atoms with Gasteiger partial charge in [0, 0.05) is 11.2 Å². The summed E-state index contributed by atoms with van der Waals surface area (Å²) in [6.07, 6.45) is 3.03. The highest BCUT2D eigenvalue weighted by atomic mass is 16.5. The molecule has 0 saturated carbocycles. The summed E-state index contributed by atoms with van der Waals surface area (Å²) < 4.78 is 7.55. The fourth-order valence-corrected chi connectivity index (χ4v) is 2.74. The quantitative estimate of drug-likeness (QED) is 0.693. The van der Waals surface area contributed by atoms with Crippen molar-refractivity contribution in [2.24, 2.45) is 0 Å². The lowest BCUT2D eigenvalue weighted by molar-refractivity contribution is 0.412. The first-order valence-electron chi connectivity index (χ1n) is 6.88. The second-order valence-electron chi connectivity index (χ2n) is 5.18. The summed E-state index contributed by atoms with van der Waals surface area (Å²) in [6, 6.07) is 14.8. The number of hydrogen-bond acceptors (Lipinski definition) is 1. The number of aryl methyl sites for hydroxylation is 1. The van der Waals surface area contributed by atoms with Gasteiger partial charge in [-0.3, -0.25) is 0 Å². The van der Waals surface area contributed by atoms with Crippen LogP contribution in [-0.2, 0) is 6.42 Å². The predicted molar refractivity (Wildman–Crippen MR) is 82.7 cm³/mol. The lowest BCUT2D eigenvalue weighted by atomic mass is 10.0. The molecule has 2 heterocycles. The van der Waals surface area contributed by atoms with Crippen molar-refractivity contribution in [1.29, 1.82) is 0 Å². The molecule has 0 atom stereocenters. The third-order valence-electron chi connectivity index (χ3n) is 4.05. The molecule has 2 aromatic heterocycles. The monoisotopic (exact) mass is 265 g/mol. The van der Waals surface area contributed by atoms with Gasteiger partial charge in [-0.25, -0.2) is 0 Å². The summed E-state index contributed by atoms with van der Waals surface area (Å²) in [5.41, 5.74) is 6.66. The molecular weight excluding hydrogens is 246 g/mol. The van der Waals surface area contributed by atoms with Crippen LogP contribution in [0.1, 0.15) is 22.4 Å². The molecule has 0 fully saturated rings. The summed E-state index contributed by atoms with van der Waals surface area (Å²) in [6.45, 7) is 4.36. The zero-order chi connectivity index (χ0) is 14.1. The van der Waals surface area contributed by atoms with E-state index in [0.29, 0.717) is 0 Å². The number of nitrogens with zero attached hydrogens (tertiary/aromatic N) is 1. The lowest BCUT2D eigenvalue weighted by Gasteiger charge is -2.04.